The van der Waals surface area contributed by atoms with E-state index in [4.69, 9.17) is 0 Å². The first-order valence-electron chi connectivity index (χ1n) is 15.4. The van der Waals surface area contributed by atoms with Gasteiger partial charge in [-0.2, -0.15) is 26.3 Å². The van der Waals surface area contributed by atoms with Crippen LogP contribution in [0.25, 0.3) is 46.4 Å². The summed E-state index contributed by atoms with van der Waals surface area (Å²) >= 11 is 2.44. The molecule has 0 spiro atoms. The van der Waals surface area contributed by atoms with Crippen molar-refractivity contribution in [1.82, 2.24) is 0 Å². The normalized spacial score (nSPS) is 14.3. The Morgan fingerprint density at radius 1 is 0.725 bits per heavy atom. The van der Waals surface area contributed by atoms with E-state index in [1.165, 1.54) is 11.3 Å². The summed E-state index contributed by atoms with van der Waals surface area (Å²) in [7, 11) is 0. The van der Waals surface area contributed by atoms with Gasteiger partial charge in [-0.3, -0.25) is 9.59 Å². The maximum atomic E-state index is 14.5. The molecule has 1 aliphatic rings. The Kier molecular flexibility index (Phi) is 8.47. The summed E-state index contributed by atoms with van der Waals surface area (Å²) < 4.78 is 88.6. The molecule has 0 aliphatic heterocycles. The Hall–Kier alpha value is -4.79. The molecule has 0 atom stereocenters. The highest BCUT2D eigenvalue weighted by atomic mass is 32.1. The largest absolute Gasteiger partial charge is 0.478 e. The number of aromatic carboxylic acids is 1. The van der Waals surface area contributed by atoms with Crippen LogP contribution in [0, 0.1) is 0 Å². The number of hydrogen-bond donors (Lipinski definition) is 1. The summed E-state index contributed by atoms with van der Waals surface area (Å²) in [5, 5.41) is 11.2. The van der Waals surface area contributed by atoms with Crippen LogP contribution in [0.1, 0.15) is 60.9 Å². The Morgan fingerprint density at radius 2 is 1.33 bits per heavy atom. The van der Waals surface area contributed by atoms with E-state index < -0.39 is 56.3 Å². The number of carbonyl (C=O) groups excluding carboxylic acids is 2. The average Bonchev–Trinajstić information content (AvgIpc) is 3.85. The third-order valence-corrected chi connectivity index (χ3v) is 12.2. The first-order chi connectivity index (χ1) is 24.1. The minimum Gasteiger partial charge on any atom is -0.478 e. The number of alkyl halides is 6. The van der Waals surface area contributed by atoms with Crippen LogP contribution in [0.2, 0.25) is 0 Å². The van der Waals surface area contributed by atoms with E-state index in [1.54, 1.807) is 18.2 Å². The van der Waals surface area contributed by atoms with Crippen LogP contribution >= 0.6 is 34.0 Å². The molecule has 3 aromatic heterocycles. The number of halogens is 6. The minimum absolute atomic E-state index is 0.118. The second-order valence-electron chi connectivity index (χ2n) is 11.7. The second kappa shape index (κ2) is 12.5. The molecule has 5 nitrogen and oxygen atoms in total. The van der Waals surface area contributed by atoms with Crippen molar-refractivity contribution in [3.8, 4) is 20.2 Å². The number of Topliss-reactive ketones (excluding diaryl/α,β-unsaturated/α-hetero) is 2. The van der Waals surface area contributed by atoms with Gasteiger partial charge < -0.3 is 10.0 Å². The quantitative estimate of drug-likeness (QED) is 0.0998. The minimum atomic E-state index is -5.07. The number of carboxylic acids is 1. The topological polar surface area (TPSA) is 74.7 Å². The Bertz CT molecular complexity index is 2460. The Balaban J connectivity index is 1.32. The first-order valence-corrected chi connectivity index (χ1v) is 17.9. The molecular weight excluding hydrogens is 733 g/mol. The fraction of sp³-hybridized carbons (Fsp3) is 0.162. The zero-order valence-corrected chi connectivity index (χ0v) is 28.9. The number of benzene rings is 3. The Labute approximate surface area is 297 Å². The summed E-state index contributed by atoms with van der Waals surface area (Å²) in [6.07, 6.45) is -9.16. The van der Waals surface area contributed by atoms with Crippen LogP contribution in [0.4, 0.5) is 32.0 Å². The highest BCUT2D eigenvalue weighted by Crippen LogP contribution is 2.52. The number of anilines is 1. The van der Waals surface area contributed by atoms with Crippen molar-refractivity contribution in [1.29, 1.82) is 0 Å². The van der Waals surface area contributed by atoms with Gasteiger partial charge in [0.2, 0.25) is 0 Å². The van der Waals surface area contributed by atoms with E-state index in [9.17, 15) is 45.8 Å². The second-order valence-corrected chi connectivity index (χ2v) is 14.9. The lowest BCUT2D eigenvalue weighted by Gasteiger charge is -2.20. The van der Waals surface area contributed by atoms with Crippen molar-refractivity contribution >= 4 is 83.5 Å². The third-order valence-electron chi connectivity index (χ3n) is 8.70. The van der Waals surface area contributed by atoms with E-state index in [2.05, 4.69) is 24.8 Å². The number of fused-ring (bicyclic) bond motifs is 4. The lowest BCUT2D eigenvalue weighted by atomic mass is 10.1. The van der Waals surface area contributed by atoms with Crippen LogP contribution in [-0.2, 0) is 12.4 Å². The van der Waals surface area contributed by atoms with Crippen LogP contribution in [0.15, 0.2) is 72.3 Å². The van der Waals surface area contributed by atoms with Gasteiger partial charge in [-0.1, -0.05) is 18.2 Å². The van der Waals surface area contributed by atoms with Gasteiger partial charge in [0, 0.05) is 59.8 Å². The SMILES string of the molecule is CCN(CC)c1ccc2c(c1)sc1cc(-c3cc(C(F)(F)F)c(-c4sc(/C=C5/C(=O)c6ccc(C(=O)O)cc6C5=O)cc4C(F)(F)F)s3)ccc12. The standard InChI is InChI=1S/C37H23F6NO4S3/c1-3-44(4-2)19-7-10-22-21-8-5-17(12-29(21)50-30(22)13-19)28-16-27(37(41,42)43)34(51-28)33-26(36(38,39)40)15-20(49-33)14-25-31(45)23-9-6-18(35(47)48)11-24(23)32(25)46/h5-16H,3-4H2,1-2H3,(H,47,48)/b25-14-. The van der Waals surface area contributed by atoms with E-state index in [1.807, 2.05) is 12.1 Å². The zero-order chi connectivity index (χ0) is 36.6. The Morgan fingerprint density at radius 3 is 1.98 bits per heavy atom. The predicted octanol–water partition coefficient (Wildman–Crippen LogP) is 11.6. The third kappa shape index (κ3) is 6.04. The van der Waals surface area contributed by atoms with Gasteiger partial charge in [0.25, 0.3) is 0 Å². The fourth-order valence-electron chi connectivity index (χ4n) is 6.21. The number of nitrogens with zero attached hydrogens (tertiary/aromatic N) is 1. The molecule has 7 rings (SSSR count). The molecule has 0 amide bonds. The van der Waals surface area contributed by atoms with Gasteiger partial charge in [0.1, 0.15) is 0 Å². The molecule has 3 aromatic carbocycles. The summed E-state index contributed by atoms with van der Waals surface area (Å²) in [5.41, 5.74) is -2.25. The average molecular weight is 756 g/mol. The molecule has 1 aliphatic carbocycles. The van der Waals surface area contributed by atoms with Gasteiger partial charge in [0.05, 0.1) is 32.0 Å². The molecule has 1 N–H and O–H groups in total. The molecular formula is C37H23F6NO4S3. The van der Waals surface area contributed by atoms with Gasteiger partial charge in [-0.25, -0.2) is 4.79 Å². The summed E-state index contributed by atoms with van der Waals surface area (Å²) in [5.74, 6) is -3.07. The summed E-state index contributed by atoms with van der Waals surface area (Å²) in [4.78, 5) is 38.2. The van der Waals surface area contributed by atoms with E-state index in [0.29, 0.717) is 34.3 Å². The molecule has 14 heteroatoms. The van der Waals surface area contributed by atoms with Gasteiger partial charge in [-0.15, -0.1) is 34.0 Å². The number of carboxylic acid groups (broad SMARTS) is 1. The van der Waals surface area contributed by atoms with Crippen LogP contribution in [0.3, 0.4) is 0 Å². The monoisotopic (exact) mass is 755 g/mol. The predicted molar refractivity (Wildman–Crippen MR) is 190 cm³/mol. The molecule has 0 saturated heterocycles. The van der Waals surface area contributed by atoms with Gasteiger partial charge in [0.15, 0.2) is 11.6 Å². The van der Waals surface area contributed by atoms with Crippen molar-refractivity contribution in [2.75, 3.05) is 18.0 Å². The molecule has 6 aromatic rings. The lowest BCUT2D eigenvalue weighted by Crippen LogP contribution is -2.21. The molecule has 0 unspecified atom stereocenters. The van der Waals surface area contributed by atoms with Crippen LogP contribution in [-0.4, -0.2) is 35.7 Å². The zero-order valence-electron chi connectivity index (χ0n) is 26.5. The maximum absolute atomic E-state index is 14.5. The van der Waals surface area contributed by atoms with Crippen molar-refractivity contribution in [3.63, 3.8) is 0 Å². The lowest BCUT2D eigenvalue weighted by molar-refractivity contribution is -0.139. The molecule has 3 heterocycles. The van der Waals surface area contributed by atoms with Crippen molar-refractivity contribution in [2.24, 2.45) is 0 Å². The smallest absolute Gasteiger partial charge is 0.417 e. The number of hydrogen-bond acceptors (Lipinski definition) is 7. The molecule has 51 heavy (non-hydrogen) atoms. The molecule has 260 valence electrons. The molecule has 0 fully saturated rings. The molecule has 0 saturated carbocycles. The number of rotatable bonds is 7. The van der Waals surface area contributed by atoms with E-state index >= 15 is 0 Å². The highest BCUT2D eigenvalue weighted by molar-refractivity contribution is 7.26. The van der Waals surface area contributed by atoms with Crippen LogP contribution < -0.4 is 4.90 Å². The van der Waals surface area contributed by atoms with Gasteiger partial charge in [-0.05, 0) is 74.0 Å². The number of ketones is 2. The van der Waals surface area contributed by atoms with Crippen molar-refractivity contribution < 1.29 is 45.8 Å². The first kappa shape index (κ1) is 34.6. The van der Waals surface area contributed by atoms with E-state index in [-0.39, 0.29) is 26.4 Å². The summed E-state index contributed by atoms with van der Waals surface area (Å²) in [6, 6.07) is 16.0. The molecule has 0 radical (unpaired) electrons. The number of allylic oxidation sites excluding steroid dienone is 1. The van der Waals surface area contributed by atoms with Crippen molar-refractivity contribution in [3.05, 3.63) is 105 Å². The van der Waals surface area contributed by atoms with E-state index in [0.717, 1.165) is 69.3 Å². The van der Waals surface area contributed by atoms with Gasteiger partial charge >= 0.3 is 18.3 Å². The molecule has 0 bridgehead atoms. The number of carbonyl (C=O) groups is 3. The maximum Gasteiger partial charge on any atom is 0.417 e. The highest BCUT2D eigenvalue weighted by Gasteiger charge is 2.42. The van der Waals surface area contributed by atoms with Crippen LogP contribution in [0.5, 0.6) is 0 Å². The fourth-order valence-corrected chi connectivity index (χ4v) is 9.84. The number of thiophene rings is 3. The van der Waals surface area contributed by atoms with Crippen molar-refractivity contribution in [2.45, 2.75) is 26.2 Å². The summed E-state index contributed by atoms with van der Waals surface area (Å²) in [6.45, 7) is 5.74.